The van der Waals surface area contributed by atoms with E-state index < -0.39 is 0 Å². The number of nitrogens with one attached hydrogen (secondary N) is 1. The number of anilines is 1. The molecule has 3 N–H and O–H groups in total. The second-order valence-corrected chi connectivity index (χ2v) is 4.90. The Balaban J connectivity index is 1.91. The third-order valence-electron chi connectivity index (χ3n) is 3.43. The summed E-state index contributed by atoms with van der Waals surface area (Å²) in [6, 6.07) is 2.06. The van der Waals surface area contributed by atoms with Gasteiger partial charge >= 0.3 is 0 Å². The van der Waals surface area contributed by atoms with Gasteiger partial charge in [0.05, 0.1) is 5.69 Å². The fourth-order valence-electron chi connectivity index (χ4n) is 2.48. The maximum absolute atomic E-state index is 11.9. The van der Waals surface area contributed by atoms with E-state index in [1.54, 1.807) is 4.68 Å². The van der Waals surface area contributed by atoms with Gasteiger partial charge in [-0.05, 0) is 25.7 Å². The molecular formula is C12H20N4O. The minimum Gasteiger partial charge on any atom is -0.327 e. The van der Waals surface area contributed by atoms with Gasteiger partial charge in [-0.1, -0.05) is 6.42 Å². The molecular weight excluding hydrogens is 216 g/mol. The Hall–Kier alpha value is -1.36. The quantitative estimate of drug-likeness (QED) is 0.827. The second kappa shape index (κ2) is 4.87. The van der Waals surface area contributed by atoms with Crippen LogP contribution in [0.4, 0.5) is 5.82 Å². The van der Waals surface area contributed by atoms with Gasteiger partial charge in [0.1, 0.15) is 5.82 Å². The molecule has 1 amide bonds. The highest BCUT2D eigenvalue weighted by Crippen LogP contribution is 2.27. The predicted octanol–water partition coefficient (Wildman–Crippen LogP) is 1.18. The van der Waals surface area contributed by atoms with Crippen LogP contribution in [0.1, 0.15) is 31.4 Å². The lowest BCUT2D eigenvalue weighted by atomic mass is 10.00. The molecule has 1 aliphatic carbocycles. The van der Waals surface area contributed by atoms with Gasteiger partial charge in [0.25, 0.3) is 0 Å². The van der Waals surface area contributed by atoms with Crippen LogP contribution in [0.2, 0.25) is 0 Å². The number of hydrogen-bond donors (Lipinski definition) is 2. The molecule has 1 aromatic rings. The van der Waals surface area contributed by atoms with E-state index in [1.807, 2.05) is 20.0 Å². The lowest BCUT2D eigenvalue weighted by Gasteiger charge is -2.14. The Kier molecular flexibility index (Phi) is 3.47. The van der Waals surface area contributed by atoms with Crippen LogP contribution < -0.4 is 11.1 Å². The first-order valence-electron chi connectivity index (χ1n) is 6.12. The van der Waals surface area contributed by atoms with Crippen LogP contribution in [-0.4, -0.2) is 21.7 Å². The van der Waals surface area contributed by atoms with Crippen molar-refractivity contribution in [3.8, 4) is 0 Å². The molecule has 0 aromatic carbocycles. The Labute approximate surface area is 101 Å². The number of aryl methyl sites for hydroxylation is 2. The van der Waals surface area contributed by atoms with Gasteiger partial charge in [-0.2, -0.15) is 5.10 Å². The van der Waals surface area contributed by atoms with E-state index in [0.717, 1.165) is 30.8 Å². The lowest BCUT2D eigenvalue weighted by Crippen LogP contribution is -2.28. The van der Waals surface area contributed by atoms with Crippen molar-refractivity contribution in [1.82, 2.24) is 9.78 Å². The van der Waals surface area contributed by atoms with E-state index in [4.69, 9.17) is 5.73 Å². The van der Waals surface area contributed by atoms with Crippen molar-refractivity contribution in [2.45, 2.75) is 38.6 Å². The molecule has 94 valence electrons. The van der Waals surface area contributed by atoms with Gasteiger partial charge in [0.15, 0.2) is 0 Å². The summed E-state index contributed by atoms with van der Waals surface area (Å²) in [6.07, 6.45) is 3.77. The number of hydrogen-bond acceptors (Lipinski definition) is 3. The topological polar surface area (TPSA) is 72.9 Å². The summed E-state index contributed by atoms with van der Waals surface area (Å²) in [5.41, 5.74) is 6.86. The molecule has 1 aliphatic rings. The zero-order valence-corrected chi connectivity index (χ0v) is 10.4. The molecule has 1 aromatic heterocycles. The highest BCUT2D eigenvalue weighted by molar-refractivity contribution is 5.90. The standard InChI is InChI=1S/C12H20N4O/c1-8-6-11(16(2)15-8)14-12(17)7-9-4-3-5-10(9)13/h6,9-10H,3-5,7,13H2,1-2H3,(H,14,17)/t9-,10+/m0/s1. The van der Waals surface area contributed by atoms with Crippen molar-refractivity contribution in [2.24, 2.45) is 18.7 Å². The molecule has 5 heteroatoms. The number of carbonyl (C=O) groups excluding carboxylic acids is 1. The van der Waals surface area contributed by atoms with Gasteiger partial charge in [0, 0.05) is 25.6 Å². The molecule has 2 atom stereocenters. The van der Waals surface area contributed by atoms with Crippen LogP contribution in [0.25, 0.3) is 0 Å². The van der Waals surface area contributed by atoms with E-state index in [9.17, 15) is 4.79 Å². The highest BCUT2D eigenvalue weighted by Gasteiger charge is 2.26. The van der Waals surface area contributed by atoms with Crippen LogP contribution >= 0.6 is 0 Å². The molecule has 0 bridgehead atoms. The molecule has 2 rings (SSSR count). The molecule has 0 aliphatic heterocycles. The largest absolute Gasteiger partial charge is 0.327 e. The lowest BCUT2D eigenvalue weighted by molar-refractivity contribution is -0.117. The fourth-order valence-corrected chi connectivity index (χ4v) is 2.48. The van der Waals surface area contributed by atoms with Gasteiger partial charge in [-0.15, -0.1) is 0 Å². The molecule has 17 heavy (non-hydrogen) atoms. The van der Waals surface area contributed by atoms with Gasteiger partial charge in [-0.25, -0.2) is 0 Å². The molecule has 1 saturated carbocycles. The van der Waals surface area contributed by atoms with Crippen molar-refractivity contribution in [1.29, 1.82) is 0 Å². The first-order chi connectivity index (χ1) is 8.06. The van der Waals surface area contributed by atoms with Gasteiger partial charge in [-0.3, -0.25) is 9.48 Å². The summed E-state index contributed by atoms with van der Waals surface area (Å²) in [5, 5.41) is 7.07. The molecule has 0 unspecified atom stereocenters. The van der Waals surface area contributed by atoms with E-state index in [1.165, 1.54) is 0 Å². The maximum atomic E-state index is 11.9. The first-order valence-corrected chi connectivity index (χ1v) is 6.12. The van der Waals surface area contributed by atoms with Crippen LogP contribution in [0.15, 0.2) is 6.07 Å². The van der Waals surface area contributed by atoms with Crippen molar-refractivity contribution in [3.05, 3.63) is 11.8 Å². The summed E-state index contributed by atoms with van der Waals surface area (Å²) in [7, 11) is 1.82. The number of nitrogens with zero attached hydrogens (tertiary/aromatic N) is 2. The second-order valence-electron chi connectivity index (χ2n) is 4.90. The average molecular weight is 236 g/mol. The Bertz CT molecular complexity index is 413. The maximum Gasteiger partial charge on any atom is 0.225 e. The summed E-state index contributed by atoms with van der Waals surface area (Å²) >= 11 is 0. The summed E-state index contributed by atoms with van der Waals surface area (Å²) in [4.78, 5) is 11.9. The average Bonchev–Trinajstić information content (AvgIpc) is 2.75. The zero-order chi connectivity index (χ0) is 12.4. The first kappa shape index (κ1) is 12.1. The minimum atomic E-state index is 0.0374. The van der Waals surface area contributed by atoms with Crippen LogP contribution in [-0.2, 0) is 11.8 Å². The Morgan fingerprint density at radius 1 is 1.65 bits per heavy atom. The predicted molar refractivity (Wildman–Crippen MR) is 66.5 cm³/mol. The van der Waals surface area contributed by atoms with Crippen molar-refractivity contribution >= 4 is 11.7 Å². The zero-order valence-electron chi connectivity index (χ0n) is 10.4. The monoisotopic (exact) mass is 236 g/mol. The molecule has 0 radical (unpaired) electrons. The third kappa shape index (κ3) is 2.85. The van der Waals surface area contributed by atoms with Crippen LogP contribution in [0.5, 0.6) is 0 Å². The van der Waals surface area contributed by atoms with E-state index in [2.05, 4.69) is 10.4 Å². The van der Waals surface area contributed by atoms with Gasteiger partial charge < -0.3 is 11.1 Å². The number of carbonyl (C=O) groups is 1. The summed E-state index contributed by atoms with van der Waals surface area (Å²) in [5.74, 6) is 1.12. The van der Waals surface area contributed by atoms with Gasteiger partial charge in [0.2, 0.25) is 5.91 Å². The summed E-state index contributed by atoms with van der Waals surface area (Å²) in [6.45, 7) is 1.91. The molecule has 0 saturated heterocycles. The smallest absolute Gasteiger partial charge is 0.225 e. The van der Waals surface area contributed by atoms with Crippen molar-refractivity contribution < 1.29 is 4.79 Å². The fraction of sp³-hybridized carbons (Fsp3) is 0.667. The Morgan fingerprint density at radius 3 is 2.94 bits per heavy atom. The summed E-state index contributed by atoms with van der Waals surface area (Å²) < 4.78 is 1.68. The van der Waals surface area contributed by atoms with E-state index in [0.29, 0.717) is 12.3 Å². The third-order valence-corrected chi connectivity index (χ3v) is 3.43. The molecule has 1 fully saturated rings. The highest BCUT2D eigenvalue weighted by atomic mass is 16.1. The minimum absolute atomic E-state index is 0.0374. The Morgan fingerprint density at radius 2 is 2.41 bits per heavy atom. The number of aromatic nitrogens is 2. The molecule has 5 nitrogen and oxygen atoms in total. The van der Waals surface area contributed by atoms with E-state index in [-0.39, 0.29) is 11.9 Å². The van der Waals surface area contributed by atoms with Crippen LogP contribution in [0.3, 0.4) is 0 Å². The van der Waals surface area contributed by atoms with Crippen molar-refractivity contribution in [2.75, 3.05) is 5.32 Å². The van der Waals surface area contributed by atoms with Crippen molar-refractivity contribution in [3.63, 3.8) is 0 Å². The molecule has 1 heterocycles. The SMILES string of the molecule is Cc1cc(NC(=O)C[C@@H]2CCC[C@H]2N)n(C)n1. The van der Waals surface area contributed by atoms with Crippen LogP contribution in [0, 0.1) is 12.8 Å². The number of nitrogens with two attached hydrogens (primary N) is 1. The number of rotatable bonds is 3. The molecule has 0 spiro atoms. The van der Waals surface area contributed by atoms with E-state index >= 15 is 0 Å². The normalized spacial score (nSPS) is 23.9. The number of amides is 1.